The molecule has 0 fully saturated rings. The Morgan fingerprint density at radius 2 is 2.09 bits per heavy atom. The largest absolute Gasteiger partial charge is 0.502 e. The van der Waals surface area contributed by atoms with Gasteiger partial charge in [0.1, 0.15) is 0 Å². The number of carbonyl (C=O) groups is 1. The van der Waals surface area contributed by atoms with Crippen LogP contribution < -0.4 is 0 Å². The second-order valence-electron chi connectivity index (χ2n) is 2.07. The first-order valence-corrected chi connectivity index (χ1v) is 4.46. The Morgan fingerprint density at radius 1 is 1.45 bits per heavy atom. The smallest absolute Gasteiger partial charge is 0.158 e. The van der Waals surface area contributed by atoms with Gasteiger partial charge in [-0.2, -0.15) is 0 Å². The average Bonchev–Trinajstić information content (AvgIpc) is 2.03. The minimum absolute atomic E-state index is 0.113. The predicted molar refractivity (Wildman–Crippen MR) is 45.4 cm³/mol. The predicted octanol–water partition coefficient (Wildman–Crippen LogP) is 1.40. The van der Waals surface area contributed by atoms with Gasteiger partial charge in [-0.3, -0.25) is 4.79 Å². The number of rotatable bonds is 5. The molecule has 0 amide bonds. The van der Waals surface area contributed by atoms with E-state index in [1.54, 1.807) is 6.08 Å². The summed E-state index contributed by atoms with van der Waals surface area (Å²) < 4.78 is 5.12. The number of allylic oxidation sites excluding steroid dienone is 2. The zero-order chi connectivity index (χ0) is 8.69. The summed E-state index contributed by atoms with van der Waals surface area (Å²) in [7, 11) is 3.17. The molecule has 0 aliphatic heterocycles. The summed E-state index contributed by atoms with van der Waals surface area (Å²) in [6.45, 7) is 3.79. The van der Waals surface area contributed by atoms with Crippen LogP contribution >= 0.6 is 0 Å². The third kappa shape index (κ3) is 4.78. The van der Waals surface area contributed by atoms with Crippen molar-refractivity contribution >= 4 is 16.0 Å². The summed E-state index contributed by atoms with van der Waals surface area (Å²) in [5.41, 5.74) is 0. The fourth-order valence-electron chi connectivity index (χ4n) is 0.620. The molecule has 0 aromatic rings. The van der Waals surface area contributed by atoms with Gasteiger partial charge in [-0.25, -0.2) is 0 Å². The van der Waals surface area contributed by atoms with Crippen LogP contribution in [0.1, 0.15) is 26.7 Å². The Kier molecular flexibility index (Phi) is 5.84. The maximum absolute atomic E-state index is 10.9. The molecule has 0 aromatic heterocycles. The lowest BCUT2D eigenvalue weighted by Gasteiger charge is -2.04. The molecule has 0 bridgehead atoms. The van der Waals surface area contributed by atoms with Crippen LogP contribution in [0, 0.1) is 0 Å². The van der Waals surface area contributed by atoms with E-state index in [0.29, 0.717) is 12.7 Å². The number of hydrogen-bond donors (Lipinski definition) is 0. The molecule has 0 N–H and O–H groups in total. The summed E-state index contributed by atoms with van der Waals surface area (Å²) in [4.78, 5) is 10.9. The number of ketones is 1. The lowest BCUT2D eigenvalue weighted by atomic mass is 10.2. The SMILES string of the molecule is CCC(=O)/C=C(/CC)OC[Si]. The van der Waals surface area contributed by atoms with Crippen molar-refractivity contribution in [3.05, 3.63) is 11.8 Å². The molecule has 0 saturated carbocycles. The molecule has 0 aromatic carbocycles. The lowest BCUT2D eigenvalue weighted by molar-refractivity contribution is -0.114. The molecule has 3 heteroatoms. The fourth-order valence-corrected chi connectivity index (χ4v) is 0.806. The lowest BCUT2D eigenvalue weighted by Crippen LogP contribution is -1.97. The topological polar surface area (TPSA) is 26.3 Å². The molecule has 0 aliphatic rings. The second-order valence-corrected chi connectivity index (χ2v) is 2.36. The van der Waals surface area contributed by atoms with Crippen LogP contribution in [-0.2, 0) is 9.53 Å². The highest BCUT2D eigenvalue weighted by molar-refractivity contribution is 6.08. The average molecular weight is 169 g/mol. The van der Waals surface area contributed by atoms with Crippen LogP contribution in [0.5, 0.6) is 0 Å². The van der Waals surface area contributed by atoms with Crippen LogP contribution in [0.25, 0.3) is 0 Å². The molecule has 0 spiro atoms. The Morgan fingerprint density at radius 3 is 2.45 bits per heavy atom. The fraction of sp³-hybridized carbons (Fsp3) is 0.625. The maximum atomic E-state index is 10.9. The van der Waals surface area contributed by atoms with Crippen LogP contribution in [0.4, 0.5) is 0 Å². The zero-order valence-corrected chi connectivity index (χ0v) is 8.02. The molecule has 0 rings (SSSR count). The highest BCUT2D eigenvalue weighted by atomic mass is 28.1. The van der Waals surface area contributed by atoms with Crippen molar-refractivity contribution < 1.29 is 9.53 Å². The van der Waals surface area contributed by atoms with Crippen molar-refractivity contribution in [2.45, 2.75) is 26.7 Å². The molecule has 0 saturated heterocycles. The Balaban J connectivity index is 3.99. The van der Waals surface area contributed by atoms with Gasteiger partial charge in [0, 0.05) is 18.9 Å². The molecular weight excluding hydrogens is 156 g/mol. The summed E-state index contributed by atoms with van der Waals surface area (Å²) >= 11 is 0. The van der Waals surface area contributed by atoms with Gasteiger partial charge in [0.2, 0.25) is 0 Å². The molecule has 3 radical (unpaired) electrons. The van der Waals surface area contributed by atoms with Gasteiger partial charge in [0.25, 0.3) is 0 Å². The van der Waals surface area contributed by atoms with Gasteiger partial charge < -0.3 is 4.74 Å². The van der Waals surface area contributed by atoms with E-state index in [9.17, 15) is 4.79 Å². The van der Waals surface area contributed by atoms with Crippen molar-refractivity contribution in [2.75, 3.05) is 6.23 Å². The van der Waals surface area contributed by atoms with Crippen LogP contribution in [0.3, 0.4) is 0 Å². The summed E-state index contributed by atoms with van der Waals surface area (Å²) in [6.07, 6.45) is 3.29. The van der Waals surface area contributed by atoms with Crippen molar-refractivity contribution in [2.24, 2.45) is 0 Å². The van der Waals surface area contributed by atoms with E-state index in [1.165, 1.54) is 0 Å². The van der Waals surface area contributed by atoms with Gasteiger partial charge in [-0.15, -0.1) is 0 Å². The van der Waals surface area contributed by atoms with Crippen LogP contribution in [0.15, 0.2) is 11.8 Å². The third-order valence-corrected chi connectivity index (χ3v) is 1.42. The van der Waals surface area contributed by atoms with Crippen molar-refractivity contribution in [3.63, 3.8) is 0 Å². The first kappa shape index (κ1) is 10.4. The second kappa shape index (κ2) is 6.16. The van der Waals surface area contributed by atoms with Gasteiger partial charge >= 0.3 is 0 Å². The highest BCUT2D eigenvalue weighted by Crippen LogP contribution is 2.02. The Bertz CT molecular complexity index is 152. The molecule has 61 valence electrons. The van der Waals surface area contributed by atoms with Crippen molar-refractivity contribution in [1.82, 2.24) is 0 Å². The molecule has 11 heavy (non-hydrogen) atoms. The zero-order valence-electron chi connectivity index (χ0n) is 7.02. The third-order valence-electron chi connectivity index (χ3n) is 1.28. The number of hydrogen-bond acceptors (Lipinski definition) is 2. The summed E-state index contributed by atoms with van der Waals surface area (Å²) in [5.74, 6) is 0.855. The number of ether oxygens (including phenoxy) is 1. The van der Waals surface area contributed by atoms with E-state index < -0.39 is 0 Å². The Hall–Kier alpha value is -0.573. The Labute approximate surface area is 71.1 Å². The molecule has 0 aliphatic carbocycles. The van der Waals surface area contributed by atoms with Crippen molar-refractivity contribution in [3.8, 4) is 0 Å². The van der Waals surface area contributed by atoms with Gasteiger partial charge in [0.15, 0.2) is 5.78 Å². The van der Waals surface area contributed by atoms with Crippen LogP contribution in [0.2, 0.25) is 0 Å². The summed E-state index contributed by atoms with van der Waals surface area (Å²) in [5, 5.41) is 0. The first-order chi connectivity index (χ1) is 5.24. The minimum Gasteiger partial charge on any atom is -0.502 e. The van der Waals surface area contributed by atoms with E-state index in [1.807, 2.05) is 13.8 Å². The normalized spacial score (nSPS) is 11.4. The molecule has 0 unspecified atom stereocenters. The molecule has 0 heterocycles. The summed E-state index contributed by atoms with van der Waals surface area (Å²) in [6, 6.07) is 0. The highest BCUT2D eigenvalue weighted by Gasteiger charge is 1.97. The van der Waals surface area contributed by atoms with E-state index in [0.717, 1.165) is 12.2 Å². The molecule has 0 atom stereocenters. The van der Waals surface area contributed by atoms with Gasteiger partial charge in [-0.05, 0) is 0 Å². The first-order valence-electron chi connectivity index (χ1n) is 3.75. The van der Waals surface area contributed by atoms with Gasteiger partial charge in [-0.1, -0.05) is 13.8 Å². The maximum Gasteiger partial charge on any atom is 0.158 e. The van der Waals surface area contributed by atoms with Crippen molar-refractivity contribution in [1.29, 1.82) is 0 Å². The number of carbonyl (C=O) groups excluding carboxylic acids is 1. The monoisotopic (exact) mass is 169 g/mol. The quantitative estimate of drug-likeness (QED) is 0.353. The van der Waals surface area contributed by atoms with Crippen LogP contribution in [-0.4, -0.2) is 22.3 Å². The van der Waals surface area contributed by atoms with E-state index in [2.05, 4.69) is 10.2 Å². The van der Waals surface area contributed by atoms with E-state index >= 15 is 0 Å². The molecule has 2 nitrogen and oxygen atoms in total. The standard InChI is InChI=1S/C8H13O2Si/c1-3-7(9)5-8(4-2)10-6-11/h5H,3-4,6H2,1-2H3/b8-5-. The van der Waals surface area contributed by atoms with E-state index in [4.69, 9.17) is 4.74 Å². The van der Waals surface area contributed by atoms with E-state index in [-0.39, 0.29) is 5.78 Å². The minimum atomic E-state index is 0.113. The molecular formula is C8H13O2Si. The van der Waals surface area contributed by atoms with Gasteiger partial charge in [0.05, 0.1) is 22.2 Å².